The van der Waals surface area contributed by atoms with Gasteiger partial charge in [0.05, 0.1) is 6.33 Å². The van der Waals surface area contributed by atoms with E-state index in [9.17, 15) is 4.57 Å². The van der Waals surface area contributed by atoms with Crippen LogP contribution in [-0.4, -0.2) is 46.1 Å². The molecule has 0 unspecified atom stereocenters. The third-order valence-corrected chi connectivity index (χ3v) is 6.56. The molecule has 0 radical (unpaired) electrons. The molecule has 32 heavy (non-hydrogen) atoms. The Balaban J connectivity index is 1.35. The van der Waals surface area contributed by atoms with Crippen molar-refractivity contribution in [2.45, 2.75) is 25.4 Å². The van der Waals surface area contributed by atoms with Crippen LogP contribution in [0.25, 0.3) is 11.2 Å². The number of aromatic nitrogens is 4. The topological polar surface area (TPSA) is 127 Å². The van der Waals surface area contributed by atoms with E-state index < -0.39 is 26.5 Å². The lowest BCUT2D eigenvalue weighted by atomic mass is 10.1. The number of rotatable bonds is 5. The van der Waals surface area contributed by atoms with Gasteiger partial charge in [0.2, 0.25) is 11.8 Å². The van der Waals surface area contributed by atoms with Gasteiger partial charge in [0.25, 0.3) is 0 Å². The zero-order chi connectivity index (χ0) is 22.7. The summed E-state index contributed by atoms with van der Waals surface area (Å²) >= 11 is 0. The smallest absolute Gasteiger partial charge is 0.391 e. The van der Waals surface area contributed by atoms with Crippen LogP contribution in [-0.2, 0) is 13.8 Å². The van der Waals surface area contributed by atoms with Gasteiger partial charge in [0.1, 0.15) is 12.8 Å². The molecule has 2 aliphatic heterocycles. The zero-order valence-corrected chi connectivity index (χ0v) is 18.5. The second-order valence-electron chi connectivity index (χ2n) is 8.05. The molecule has 3 aromatic rings. The molecule has 0 bridgehead atoms. The van der Waals surface area contributed by atoms with Gasteiger partial charge < -0.3 is 24.4 Å². The van der Waals surface area contributed by atoms with Crippen LogP contribution < -0.4 is 19.7 Å². The molecule has 11 nitrogen and oxygen atoms in total. The van der Waals surface area contributed by atoms with E-state index in [0.29, 0.717) is 17.0 Å². The molecule has 2 aromatic heterocycles. The van der Waals surface area contributed by atoms with Gasteiger partial charge in [-0.3, -0.25) is 9.09 Å². The second-order valence-corrected chi connectivity index (χ2v) is 9.56. The Morgan fingerprint density at radius 1 is 1.31 bits per heavy atom. The Hall–Kier alpha value is -2.95. The highest BCUT2D eigenvalue weighted by Gasteiger charge is 2.50. The molecule has 2 aliphatic rings. The quantitative estimate of drug-likeness (QED) is 0.562. The molecule has 170 valence electrons. The molecule has 1 saturated heterocycles. The number of imidazole rings is 1. The van der Waals surface area contributed by atoms with Gasteiger partial charge >= 0.3 is 7.82 Å². The SMILES string of the molecule is C[C@H]1C[C@@](F)(COP2(=O)Oc3ccccc3O2)O[C@H]1n1cnc2c(N(C)C)nc(N)nc21. The molecule has 0 aliphatic carbocycles. The maximum Gasteiger partial charge on any atom is 0.588 e. The van der Waals surface area contributed by atoms with Crippen molar-refractivity contribution in [3.8, 4) is 11.5 Å². The Labute approximate surface area is 182 Å². The lowest BCUT2D eigenvalue weighted by Crippen LogP contribution is -2.29. The van der Waals surface area contributed by atoms with Crippen LogP contribution in [0.3, 0.4) is 0 Å². The van der Waals surface area contributed by atoms with Gasteiger partial charge in [-0.2, -0.15) is 9.97 Å². The average molecular weight is 464 g/mol. The number of para-hydroxylation sites is 2. The van der Waals surface area contributed by atoms with Crippen LogP contribution in [0.15, 0.2) is 30.6 Å². The summed E-state index contributed by atoms with van der Waals surface area (Å²) in [6.45, 7) is 1.20. The maximum absolute atomic E-state index is 15.6. The highest BCUT2D eigenvalue weighted by atomic mass is 31.2. The van der Waals surface area contributed by atoms with Crippen molar-refractivity contribution in [3.63, 3.8) is 0 Å². The number of benzene rings is 1. The summed E-state index contributed by atoms with van der Waals surface area (Å²) in [6, 6.07) is 6.59. The summed E-state index contributed by atoms with van der Waals surface area (Å²) in [6.07, 6.45) is 0.772. The maximum atomic E-state index is 15.6. The summed E-state index contributed by atoms with van der Waals surface area (Å²) in [5.74, 6) is -1.33. The van der Waals surface area contributed by atoms with Crippen molar-refractivity contribution in [3.05, 3.63) is 30.6 Å². The highest BCUT2D eigenvalue weighted by Crippen LogP contribution is 2.59. The van der Waals surface area contributed by atoms with Crippen LogP contribution in [0.1, 0.15) is 19.6 Å². The molecule has 1 fully saturated rings. The third-order valence-electron chi connectivity index (χ3n) is 5.27. The first-order chi connectivity index (χ1) is 15.2. The van der Waals surface area contributed by atoms with Crippen LogP contribution in [0.2, 0.25) is 0 Å². The Kier molecular flexibility index (Phi) is 4.77. The first-order valence-electron chi connectivity index (χ1n) is 9.93. The van der Waals surface area contributed by atoms with E-state index in [2.05, 4.69) is 15.0 Å². The van der Waals surface area contributed by atoms with E-state index in [-0.39, 0.29) is 29.8 Å². The number of halogens is 1. The number of fused-ring (bicyclic) bond motifs is 2. The van der Waals surface area contributed by atoms with Crippen molar-refractivity contribution < 1.29 is 27.3 Å². The molecule has 0 spiro atoms. The first kappa shape index (κ1) is 20.9. The molecule has 3 atom stereocenters. The number of nitrogens with zero attached hydrogens (tertiary/aromatic N) is 5. The van der Waals surface area contributed by atoms with E-state index in [1.165, 1.54) is 6.33 Å². The number of hydrogen-bond donors (Lipinski definition) is 1. The van der Waals surface area contributed by atoms with Crippen molar-refractivity contribution in [1.29, 1.82) is 0 Å². The molecule has 1 aromatic carbocycles. The zero-order valence-electron chi connectivity index (χ0n) is 17.6. The molecule has 0 amide bonds. The van der Waals surface area contributed by atoms with Crippen LogP contribution >= 0.6 is 7.82 Å². The summed E-state index contributed by atoms with van der Waals surface area (Å²) in [4.78, 5) is 14.6. The third kappa shape index (κ3) is 3.54. The fourth-order valence-corrected chi connectivity index (χ4v) is 5.17. The first-order valence-corrected chi connectivity index (χ1v) is 11.4. The van der Waals surface area contributed by atoms with Gasteiger partial charge in [-0.25, -0.2) is 13.9 Å². The lowest BCUT2D eigenvalue weighted by molar-refractivity contribution is -0.174. The summed E-state index contributed by atoms with van der Waals surface area (Å²) in [7, 11) is -0.368. The minimum Gasteiger partial charge on any atom is -0.391 e. The summed E-state index contributed by atoms with van der Waals surface area (Å²) in [5.41, 5.74) is 6.80. The van der Waals surface area contributed by atoms with Crippen molar-refractivity contribution >= 4 is 30.8 Å². The number of nitrogens with two attached hydrogens (primary N) is 1. The van der Waals surface area contributed by atoms with Gasteiger partial charge in [-0.1, -0.05) is 19.1 Å². The minimum absolute atomic E-state index is 0.00854. The van der Waals surface area contributed by atoms with E-state index >= 15 is 4.39 Å². The van der Waals surface area contributed by atoms with E-state index in [0.717, 1.165) is 0 Å². The number of hydrogen-bond acceptors (Lipinski definition) is 10. The monoisotopic (exact) mass is 464 g/mol. The molecule has 0 saturated carbocycles. The molecular formula is C19H22FN6O5P. The fourth-order valence-electron chi connectivity index (χ4n) is 3.89. The fraction of sp³-hybridized carbons (Fsp3) is 0.421. The van der Waals surface area contributed by atoms with Gasteiger partial charge in [0.15, 0.2) is 28.5 Å². The highest BCUT2D eigenvalue weighted by molar-refractivity contribution is 7.49. The Bertz CT molecular complexity index is 1210. The van der Waals surface area contributed by atoms with Crippen LogP contribution in [0.5, 0.6) is 11.5 Å². The number of anilines is 2. The van der Waals surface area contributed by atoms with Crippen molar-refractivity contribution in [2.75, 3.05) is 31.3 Å². The number of alkyl halides is 1. The van der Waals surface area contributed by atoms with Gasteiger partial charge in [-0.15, -0.1) is 0 Å². The number of phosphoric ester groups is 1. The van der Waals surface area contributed by atoms with Crippen LogP contribution in [0, 0.1) is 5.92 Å². The van der Waals surface area contributed by atoms with Crippen molar-refractivity contribution in [2.24, 2.45) is 5.92 Å². The Morgan fingerprint density at radius 2 is 2.00 bits per heavy atom. The normalized spacial score (nSPS) is 26.0. The standard InChI is InChI=1S/C19H22FN6O5P/c1-11-8-19(20,9-28-32(27)30-12-6-4-5-7-13(12)31-32)29-17(11)26-10-22-14-15(25(2)3)23-18(21)24-16(14)26/h4-7,10-11,17H,8-9H2,1-3H3,(H2,21,23,24)/t11-,17+,19-/m0/s1. The molecule has 5 rings (SSSR count). The number of ether oxygens (including phenoxy) is 1. The molecular weight excluding hydrogens is 442 g/mol. The predicted octanol–water partition coefficient (Wildman–Crippen LogP) is 3.29. The van der Waals surface area contributed by atoms with E-state index in [4.69, 9.17) is 24.0 Å². The minimum atomic E-state index is -3.99. The van der Waals surface area contributed by atoms with Gasteiger partial charge in [0, 0.05) is 26.4 Å². The molecule has 13 heteroatoms. The predicted molar refractivity (Wildman–Crippen MR) is 113 cm³/mol. The lowest BCUT2D eigenvalue weighted by Gasteiger charge is -2.22. The van der Waals surface area contributed by atoms with Gasteiger partial charge in [-0.05, 0) is 12.1 Å². The summed E-state index contributed by atoms with van der Waals surface area (Å²) < 4.78 is 51.4. The Morgan fingerprint density at radius 3 is 2.66 bits per heavy atom. The average Bonchev–Trinajstić information content (AvgIpc) is 3.38. The van der Waals surface area contributed by atoms with Crippen molar-refractivity contribution in [1.82, 2.24) is 19.5 Å². The second kappa shape index (κ2) is 7.29. The van der Waals surface area contributed by atoms with Crippen LogP contribution in [0.4, 0.5) is 16.2 Å². The number of phosphoric acid groups is 1. The molecule has 2 N–H and O–H groups in total. The van der Waals surface area contributed by atoms with E-state index in [1.54, 1.807) is 33.7 Å². The molecule has 4 heterocycles. The van der Waals surface area contributed by atoms with E-state index in [1.807, 2.05) is 21.0 Å². The largest absolute Gasteiger partial charge is 0.588 e. The number of nitrogen functional groups attached to an aromatic ring is 1. The summed E-state index contributed by atoms with van der Waals surface area (Å²) in [5, 5.41) is 0.